The fraction of sp³-hybridized carbons (Fsp3) is 0.552. The van der Waals surface area contributed by atoms with Crippen molar-refractivity contribution in [3.05, 3.63) is 29.3 Å². The lowest BCUT2D eigenvalue weighted by Crippen LogP contribution is -2.60. The molecule has 232 valence electrons. The molecule has 2 heterocycles. The van der Waals surface area contributed by atoms with E-state index in [1.807, 2.05) is 0 Å². The summed E-state index contributed by atoms with van der Waals surface area (Å²) >= 11 is 17.7. The summed E-state index contributed by atoms with van der Waals surface area (Å²) in [5.41, 5.74) is 0.686. The number of amides is 4. The number of fused-ring (bicyclic) bond motifs is 4. The predicted molar refractivity (Wildman–Crippen MR) is 157 cm³/mol. The third kappa shape index (κ3) is 4.63. The SMILES string of the molecule is COc1cc(O)cc(OC)c1[C@H]1C2=CC[C@@H]3C(=O)N(CCCCCC(=O)O)C(=O)[C@@H]3[C@@H]2C[C@@]2(Cl)C(=O)N(CBr)C(=O)[C@@]12Cl. The molecule has 43 heavy (non-hydrogen) atoms. The molecule has 0 spiro atoms. The van der Waals surface area contributed by atoms with Crippen molar-refractivity contribution >= 4 is 68.7 Å². The average molecular weight is 702 g/mol. The summed E-state index contributed by atoms with van der Waals surface area (Å²) in [5, 5.41) is 19.2. The monoisotopic (exact) mass is 700 g/mol. The van der Waals surface area contributed by atoms with Crippen LogP contribution >= 0.6 is 39.1 Å². The van der Waals surface area contributed by atoms with E-state index in [9.17, 15) is 29.1 Å². The minimum Gasteiger partial charge on any atom is -0.508 e. The van der Waals surface area contributed by atoms with Crippen LogP contribution in [0.4, 0.5) is 0 Å². The Balaban J connectivity index is 1.61. The fourth-order valence-corrected chi connectivity index (χ4v) is 8.70. The standard InChI is InChI=1S/C29H31BrCl2N2O9/c1-42-18-10-14(35)11-19(43-2)22(18)23-15-7-8-16-21(25(39)33(24(16)38)9-5-3-4-6-20(36)37)17(15)12-28(31)26(40)34(13-30)27(41)29(23,28)32/h7,10-11,16-17,21,23,35H,3-6,8-9,12-13H2,1-2H3,(H,36,37)/t16-,17+,21-,23+,28+,29-/m0/s1. The van der Waals surface area contributed by atoms with Gasteiger partial charge in [-0.3, -0.25) is 33.8 Å². The van der Waals surface area contributed by atoms with Crippen LogP contribution in [0.2, 0.25) is 0 Å². The second kappa shape index (κ2) is 11.6. The number of imide groups is 2. The molecule has 2 N–H and O–H groups in total. The van der Waals surface area contributed by atoms with Crippen molar-refractivity contribution in [1.29, 1.82) is 0 Å². The Kier molecular flexibility index (Phi) is 8.51. The molecule has 2 saturated heterocycles. The number of phenols is 1. The molecule has 11 nitrogen and oxygen atoms in total. The molecule has 1 aromatic rings. The minimum absolute atomic E-state index is 0.00418. The van der Waals surface area contributed by atoms with E-state index < -0.39 is 57.1 Å². The summed E-state index contributed by atoms with van der Waals surface area (Å²) in [6.45, 7) is 0.148. The number of hydrogen-bond donors (Lipinski definition) is 2. The summed E-state index contributed by atoms with van der Waals surface area (Å²) in [5.74, 6) is -6.36. The summed E-state index contributed by atoms with van der Waals surface area (Å²) in [6.07, 6.45) is 3.26. The number of alkyl halides is 3. The first-order valence-electron chi connectivity index (χ1n) is 13.9. The predicted octanol–water partition coefficient (Wildman–Crippen LogP) is 3.77. The topological polar surface area (TPSA) is 151 Å². The van der Waals surface area contributed by atoms with E-state index in [2.05, 4.69) is 15.9 Å². The smallest absolute Gasteiger partial charge is 0.303 e. The zero-order valence-corrected chi connectivity index (χ0v) is 26.6. The number of carboxylic acid groups (broad SMARTS) is 1. The number of halogens is 3. The highest BCUT2D eigenvalue weighted by Gasteiger charge is 2.76. The van der Waals surface area contributed by atoms with Crippen LogP contribution in [0.3, 0.4) is 0 Å². The van der Waals surface area contributed by atoms with Gasteiger partial charge in [-0.05, 0) is 31.6 Å². The van der Waals surface area contributed by atoms with Crippen molar-refractivity contribution in [2.24, 2.45) is 17.8 Å². The number of aliphatic carboxylic acids is 1. The van der Waals surface area contributed by atoms with Gasteiger partial charge in [-0.25, -0.2) is 0 Å². The Labute approximate surface area is 266 Å². The summed E-state index contributed by atoms with van der Waals surface area (Å²) in [4.78, 5) is 64.1. The summed E-state index contributed by atoms with van der Waals surface area (Å²) in [7, 11) is 2.75. The first-order chi connectivity index (χ1) is 20.4. The molecule has 4 aliphatic rings. The summed E-state index contributed by atoms with van der Waals surface area (Å²) < 4.78 is 11.2. The van der Waals surface area contributed by atoms with E-state index in [0.717, 1.165) is 4.90 Å². The lowest BCUT2D eigenvalue weighted by atomic mass is 9.56. The van der Waals surface area contributed by atoms with Crippen molar-refractivity contribution in [2.45, 2.75) is 54.2 Å². The molecule has 4 amide bonds. The second-order valence-electron chi connectivity index (χ2n) is 11.3. The highest BCUT2D eigenvalue weighted by molar-refractivity contribution is 9.09. The highest BCUT2D eigenvalue weighted by atomic mass is 79.9. The molecule has 5 rings (SSSR count). The lowest BCUT2D eigenvalue weighted by Gasteiger charge is -2.51. The molecular weight excluding hydrogens is 671 g/mol. The van der Waals surface area contributed by atoms with E-state index in [1.54, 1.807) is 6.08 Å². The van der Waals surface area contributed by atoms with Crippen molar-refractivity contribution in [3.8, 4) is 17.2 Å². The maximum Gasteiger partial charge on any atom is 0.303 e. The Bertz CT molecular complexity index is 1410. The molecule has 1 saturated carbocycles. The number of carbonyl (C=O) groups excluding carboxylic acids is 4. The molecule has 14 heteroatoms. The van der Waals surface area contributed by atoms with Crippen molar-refractivity contribution in [1.82, 2.24) is 9.80 Å². The van der Waals surface area contributed by atoms with E-state index in [0.29, 0.717) is 24.8 Å². The van der Waals surface area contributed by atoms with Crippen LogP contribution in [0.15, 0.2) is 23.8 Å². The minimum atomic E-state index is -2.05. The average Bonchev–Trinajstić information content (AvgIpc) is 3.30. The van der Waals surface area contributed by atoms with Crippen LogP contribution in [-0.4, -0.2) is 85.6 Å². The van der Waals surface area contributed by atoms with Gasteiger partial charge in [0.1, 0.15) is 17.2 Å². The van der Waals surface area contributed by atoms with E-state index in [4.69, 9.17) is 37.8 Å². The number of benzene rings is 1. The molecule has 1 aromatic carbocycles. The Morgan fingerprint density at radius 1 is 1.00 bits per heavy atom. The number of nitrogens with zero attached hydrogens (tertiary/aromatic N) is 2. The van der Waals surface area contributed by atoms with Gasteiger partial charge in [0.05, 0.1) is 31.5 Å². The Morgan fingerprint density at radius 2 is 1.65 bits per heavy atom. The number of unbranched alkanes of at least 4 members (excludes halogenated alkanes) is 2. The number of hydrogen-bond acceptors (Lipinski definition) is 8. The third-order valence-electron chi connectivity index (χ3n) is 9.20. The molecule has 0 aromatic heterocycles. The number of aromatic hydroxyl groups is 1. The number of carboxylic acids is 1. The van der Waals surface area contributed by atoms with Gasteiger partial charge in [-0.2, -0.15) is 0 Å². The fourth-order valence-electron chi connectivity index (χ4n) is 7.29. The van der Waals surface area contributed by atoms with Crippen LogP contribution < -0.4 is 9.47 Å². The molecule has 3 fully saturated rings. The Hall–Kier alpha value is -2.83. The van der Waals surface area contributed by atoms with Crippen LogP contribution in [0.25, 0.3) is 0 Å². The molecule has 0 bridgehead atoms. The number of methoxy groups -OCH3 is 2. The van der Waals surface area contributed by atoms with E-state index >= 15 is 0 Å². The maximum atomic E-state index is 14.0. The molecule has 2 aliphatic carbocycles. The molecule has 2 aliphatic heterocycles. The van der Waals surface area contributed by atoms with Gasteiger partial charge in [-0.1, -0.05) is 34.0 Å². The Morgan fingerprint density at radius 3 is 2.23 bits per heavy atom. The number of allylic oxidation sites excluding steroid dienone is 2. The first kappa shape index (κ1) is 31.6. The van der Waals surface area contributed by atoms with Crippen LogP contribution in [0, 0.1) is 17.8 Å². The third-order valence-corrected chi connectivity index (χ3v) is 11.1. The number of likely N-dealkylation sites (tertiary alicyclic amines) is 2. The molecule has 0 unspecified atom stereocenters. The summed E-state index contributed by atoms with van der Waals surface area (Å²) in [6, 6.07) is 2.67. The van der Waals surface area contributed by atoms with Gasteiger partial charge in [0, 0.05) is 36.6 Å². The zero-order chi connectivity index (χ0) is 31.4. The van der Waals surface area contributed by atoms with Gasteiger partial charge >= 0.3 is 5.97 Å². The number of carbonyl (C=O) groups is 5. The zero-order valence-electron chi connectivity index (χ0n) is 23.5. The number of phenolic OH excluding ortho intramolecular Hbond substituents is 1. The van der Waals surface area contributed by atoms with Crippen LogP contribution in [0.5, 0.6) is 17.2 Å². The number of rotatable bonds is 10. The van der Waals surface area contributed by atoms with Gasteiger partial charge in [0.2, 0.25) is 11.8 Å². The quantitative estimate of drug-likeness (QED) is 0.122. The molecular formula is C29H31BrCl2N2O9. The lowest BCUT2D eigenvalue weighted by molar-refractivity contribution is -0.141. The van der Waals surface area contributed by atoms with Crippen LogP contribution in [0.1, 0.15) is 50.0 Å². The first-order valence-corrected chi connectivity index (χ1v) is 15.8. The van der Waals surface area contributed by atoms with Crippen molar-refractivity contribution in [3.63, 3.8) is 0 Å². The van der Waals surface area contributed by atoms with Crippen LogP contribution in [-0.2, 0) is 24.0 Å². The maximum absolute atomic E-state index is 14.0. The van der Waals surface area contributed by atoms with Crippen molar-refractivity contribution < 1.29 is 43.7 Å². The highest BCUT2D eigenvalue weighted by Crippen LogP contribution is 2.67. The van der Waals surface area contributed by atoms with E-state index in [-0.39, 0.29) is 60.0 Å². The van der Waals surface area contributed by atoms with Gasteiger partial charge in [0.15, 0.2) is 9.75 Å². The van der Waals surface area contributed by atoms with Gasteiger partial charge < -0.3 is 19.7 Å². The van der Waals surface area contributed by atoms with E-state index in [1.165, 1.54) is 31.3 Å². The molecule has 6 atom stereocenters. The largest absolute Gasteiger partial charge is 0.508 e. The number of ether oxygens (including phenoxy) is 2. The van der Waals surface area contributed by atoms with Gasteiger partial charge in [0.25, 0.3) is 11.8 Å². The van der Waals surface area contributed by atoms with Gasteiger partial charge in [-0.15, -0.1) is 23.2 Å². The second-order valence-corrected chi connectivity index (χ2v) is 13.0. The molecule has 0 radical (unpaired) electrons. The van der Waals surface area contributed by atoms with Crippen molar-refractivity contribution in [2.75, 3.05) is 26.2 Å². The normalized spacial score (nSPS) is 31.5.